The zero-order chi connectivity index (χ0) is 23.1. The fourth-order valence-corrected chi connectivity index (χ4v) is 3.74. The molecule has 0 bridgehead atoms. The molecule has 7 nitrogen and oxygen atoms in total. The topological polar surface area (TPSA) is 84.9 Å². The van der Waals surface area contributed by atoms with Crippen LogP contribution in [0, 0.1) is 5.92 Å². The highest BCUT2D eigenvalue weighted by Crippen LogP contribution is 2.34. The molecule has 0 aromatic heterocycles. The number of amides is 3. The summed E-state index contributed by atoms with van der Waals surface area (Å²) in [5, 5.41) is 2.21. The fourth-order valence-electron chi connectivity index (χ4n) is 2.91. The first-order valence-electron chi connectivity index (χ1n) is 10.4. The molecular formula is C24H26N2O5S. The van der Waals surface area contributed by atoms with E-state index < -0.39 is 17.1 Å². The number of nitrogens with zero attached hydrogens (tertiary/aromatic N) is 1. The van der Waals surface area contributed by atoms with Crippen LogP contribution in [0.5, 0.6) is 11.5 Å². The maximum absolute atomic E-state index is 12.8. The molecule has 1 heterocycles. The predicted octanol–water partition coefficient (Wildman–Crippen LogP) is 4.80. The van der Waals surface area contributed by atoms with E-state index in [0.717, 1.165) is 16.7 Å². The molecule has 0 spiro atoms. The minimum absolute atomic E-state index is 0.254. The van der Waals surface area contributed by atoms with Gasteiger partial charge in [0, 0.05) is 11.3 Å². The molecule has 1 fully saturated rings. The zero-order valence-electron chi connectivity index (χ0n) is 18.3. The second-order valence-electron chi connectivity index (χ2n) is 7.52. The highest BCUT2D eigenvalue weighted by molar-refractivity contribution is 8.18. The number of imide groups is 1. The number of thioether (sulfide) groups is 1. The first kappa shape index (κ1) is 23.4. The molecule has 1 N–H and O–H groups in total. The van der Waals surface area contributed by atoms with Gasteiger partial charge in [0.2, 0.25) is 5.91 Å². The molecule has 0 radical (unpaired) electrons. The van der Waals surface area contributed by atoms with Gasteiger partial charge in [-0.3, -0.25) is 19.3 Å². The number of para-hydroxylation sites is 1. The fraction of sp³-hybridized carbons (Fsp3) is 0.292. The molecular weight excluding hydrogens is 428 g/mol. The van der Waals surface area contributed by atoms with E-state index in [4.69, 9.17) is 9.47 Å². The smallest absolute Gasteiger partial charge is 0.294 e. The SMILES string of the molecule is CCOc1ccc(NC(=O)CN2C(=O)S/C(=C/c3ccccc3OCC(C)C)C2=O)cc1. The van der Waals surface area contributed by atoms with Crippen LogP contribution in [0.15, 0.2) is 53.4 Å². The lowest BCUT2D eigenvalue weighted by molar-refractivity contribution is -0.127. The second-order valence-corrected chi connectivity index (χ2v) is 8.51. The summed E-state index contributed by atoms with van der Waals surface area (Å²) in [6.07, 6.45) is 1.63. The van der Waals surface area contributed by atoms with Crippen molar-refractivity contribution in [1.29, 1.82) is 0 Å². The van der Waals surface area contributed by atoms with Crippen LogP contribution in [0.2, 0.25) is 0 Å². The summed E-state index contributed by atoms with van der Waals surface area (Å²) in [5.74, 6) is 0.725. The van der Waals surface area contributed by atoms with Crippen molar-refractivity contribution in [2.75, 3.05) is 25.1 Å². The summed E-state index contributed by atoms with van der Waals surface area (Å²) in [4.78, 5) is 38.8. The van der Waals surface area contributed by atoms with Crippen molar-refractivity contribution in [2.45, 2.75) is 20.8 Å². The van der Waals surface area contributed by atoms with E-state index in [0.29, 0.717) is 41.9 Å². The molecule has 1 aliphatic heterocycles. The molecule has 32 heavy (non-hydrogen) atoms. The van der Waals surface area contributed by atoms with Gasteiger partial charge in [-0.1, -0.05) is 32.0 Å². The van der Waals surface area contributed by atoms with Crippen LogP contribution >= 0.6 is 11.8 Å². The van der Waals surface area contributed by atoms with Gasteiger partial charge in [-0.2, -0.15) is 0 Å². The van der Waals surface area contributed by atoms with Crippen LogP contribution in [0.25, 0.3) is 6.08 Å². The molecule has 0 unspecified atom stereocenters. The van der Waals surface area contributed by atoms with E-state index in [1.165, 1.54) is 0 Å². The molecule has 3 rings (SSSR count). The quantitative estimate of drug-likeness (QED) is 0.548. The third kappa shape index (κ3) is 6.13. The lowest BCUT2D eigenvalue weighted by Gasteiger charge is -2.13. The van der Waals surface area contributed by atoms with Crippen molar-refractivity contribution >= 4 is 40.6 Å². The van der Waals surface area contributed by atoms with Gasteiger partial charge in [0.15, 0.2) is 0 Å². The minimum atomic E-state index is -0.500. The molecule has 8 heteroatoms. The molecule has 0 aliphatic carbocycles. The second kappa shape index (κ2) is 10.9. The lowest BCUT2D eigenvalue weighted by Crippen LogP contribution is -2.36. The summed E-state index contributed by atoms with van der Waals surface area (Å²) in [7, 11) is 0. The van der Waals surface area contributed by atoms with Gasteiger partial charge >= 0.3 is 0 Å². The van der Waals surface area contributed by atoms with E-state index in [1.54, 1.807) is 30.3 Å². The lowest BCUT2D eigenvalue weighted by atomic mass is 10.1. The van der Waals surface area contributed by atoms with Crippen molar-refractivity contribution in [3.05, 3.63) is 59.0 Å². The monoisotopic (exact) mass is 454 g/mol. The molecule has 2 aromatic carbocycles. The van der Waals surface area contributed by atoms with Crippen molar-refractivity contribution in [2.24, 2.45) is 5.92 Å². The summed E-state index contributed by atoms with van der Waals surface area (Å²) in [5.41, 5.74) is 1.26. The van der Waals surface area contributed by atoms with Crippen LogP contribution < -0.4 is 14.8 Å². The van der Waals surface area contributed by atoms with E-state index in [1.807, 2.05) is 45.0 Å². The van der Waals surface area contributed by atoms with Crippen LogP contribution in [0.3, 0.4) is 0 Å². The minimum Gasteiger partial charge on any atom is -0.494 e. The Hall–Kier alpha value is -3.26. The predicted molar refractivity (Wildman–Crippen MR) is 126 cm³/mol. The zero-order valence-corrected chi connectivity index (χ0v) is 19.1. The highest BCUT2D eigenvalue weighted by Gasteiger charge is 2.36. The maximum atomic E-state index is 12.8. The maximum Gasteiger partial charge on any atom is 0.294 e. The molecule has 0 atom stereocenters. The molecule has 0 saturated carbocycles. The molecule has 3 amide bonds. The van der Waals surface area contributed by atoms with Crippen LogP contribution in [-0.2, 0) is 9.59 Å². The number of hydrogen-bond acceptors (Lipinski definition) is 6. The third-order valence-corrected chi connectivity index (χ3v) is 5.31. The molecule has 2 aromatic rings. The van der Waals surface area contributed by atoms with Crippen molar-refractivity contribution in [1.82, 2.24) is 4.90 Å². The number of nitrogens with one attached hydrogen (secondary N) is 1. The Kier molecular flexibility index (Phi) is 7.94. The first-order valence-corrected chi connectivity index (χ1v) is 11.2. The van der Waals surface area contributed by atoms with Gasteiger partial charge in [0.25, 0.3) is 11.1 Å². The normalized spacial score (nSPS) is 14.9. The van der Waals surface area contributed by atoms with Gasteiger partial charge in [0.05, 0.1) is 18.1 Å². The standard InChI is InChI=1S/C24H26N2O5S/c1-4-30-19-11-9-18(10-12-19)25-22(27)14-26-23(28)21(32-24(26)29)13-17-7-5-6-8-20(17)31-15-16(2)3/h5-13,16H,4,14-15H2,1-3H3,(H,25,27)/b21-13+. The number of ether oxygens (including phenoxy) is 2. The Balaban J connectivity index is 1.66. The average molecular weight is 455 g/mol. The van der Waals surface area contributed by atoms with E-state index in [2.05, 4.69) is 5.32 Å². The molecule has 168 valence electrons. The van der Waals surface area contributed by atoms with Gasteiger partial charge < -0.3 is 14.8 Å². The van der Waals surface area contributed by atoms with Crippen molar-refractivity contribution in [3.63, 3.8) is 0 Å². The van der Waals surface area contributed by atoms with E-state index >= 15 is 0 Å². The number of benzene rings is 2. The highest BCUT2D eigenvalue weighted by atomic mass is 32.2. The third-order valence-electron chi connectivity index (χ3n) is 4.40. The van der Waals surface area contributed by atoms with Crippen molar-refractivity contribution < 1.29 is 23.9 Å². The molecule has 1 saturated heterocycles. The van der Waals surface area contributed by atoms with E-state index in [9.17, 15) is 14.4 Å². The summed E-state index contributed by atoms with van der Waals surface area (Å²) in [6, 6.07) is 14.2. The Morgan fingerprint density at radius 3 is 2.50 bits per heavy atom. The van der Waals surface area contributed by atoms with Crippen LogP contribution in [0.1, 0.15) is 26.3 Å². The van der Waals surface area contributed by atoms with Gasteiger partial charge in [-0.05, 0) is 61.0 Å². The summed E-state index contributed by atoms with van der Waals surface area (Å²) >= 11 is 0.812. The Morgan fingerprint density at radius 2 is 1.81 bits per heavy atom. The summed E-state index contributed by atoms with van der Waals surface area (Å²) in [6.45, 7) is 6.71. The van der Waals surface area contributed by atoms with Crippen LogP contribution in [-0.4, -0.2) is 41.7 Å². The number of carbonyl (C=O) groups excluding carboxylic acids is 3. The Labute approximate surface area is 191 Å². The van der Waals surface area contributed by atoms with Crippen molar-refractivity contribution in [3.8, 4) is 11.5 Å². The van der Waals surface area contributed by atoms with Crippen LogP contribution in [0.4, 0.5) is 10.5 Å². The Morgan fingerprint density at radius 1 is 1.09 bits per heavy atom. The number of carbonyl (C=O) groups is 3. The molecule has 1 aliphatic rings. The van der Waals surface area contributed by atoms with Gasteiger partial charge in [0.1, 0.15) is 18.0 Å². The average Bonchev–Trinajstić information content (AvgIpc) is 3.02. The van der Waals surface area contributed by atoms with Gasteiger partial charge in [-0.15, -0.1) is 0 Å². The number of hydrogen-bond donors (Lipinski definition) is 1. The largest absolute Gasteiger partial charge is 0.494 e. The number of anilines is 1. The Bertz CT molecular complexity index is 1020. The van der Waals surface area contributed by atoms with E-state index in [-0.39, 0.29) is 11.4 Å². The van der Waals surface area contributed by atoms with Gasteiger partial charge in [-0.25, -0.2) is 0 Å². The number of rotatable bonds is 9. The first-order chi connectivity index (χ1) is 15.4. The summed E-state index contributed by atoms with van der Waals surface area (Å²) < 4.78 is 11.2.